The summed E-state index contributed by atoms with van der Waals surface area (Å²) < 4.78 is 9.28. The Labute approximate surface area is 151 Å². The molecule has 0 spiro atoms. The molecule has 4 rings (SSSR count). The highest BCUT2D eigenvalue weighted by molar-refractivity contribution is 5.93. The Morgan fingerprint density at radius 2 is 2.12 bits per heavy atom. The van der Waals surface area contributed by atoms with Crippen molar-refractivity contribution < 1.29 is 9.53 Å². The highest BCUT2D eigenvalue weighted by Gasteiger charge is 2.27. The van der Waals surface area contributed by atoms with Crippen LogP contribution in [0.1, 0.15) is 10.5 Å². The first-order valence-electron chi connectivity index (χ1n) is 8.68. The van der Waals surface area contributed by atoms with Gasteiger partial charge in [-0.1, -0.05) is 30.3 Å². The van der Waals surface area contributed by atoms with Gasteiger partial charge in [0, 0.05) is 38.1 Å². The maximum absolute atomic E-state index is 13.0. The third-order valence-corrected chi connectivity index (χ3v) is 4.54. The minimum absolute atomic E-state index is 0.0176. The molecule has 1 aliphatic heterocycles. The van der Waals surface area contributed by atoms with E-state index in [0.29, 0.717) is 31.9 Å². The number of morpholine rings is 1. The van der Waals surface area contributed by atoms with Gasteiger partial charge in [-0.05, 0) is 12.1 Å². The van der Waals surface area contributed by atoms with Gasteiger partial charge in [0.2, 0.25) is 0 Å². The Balaban J connectivity index is 1.49. The number of hydrogen-bond donors (Lipinski definition) is 0. The van der Waals surface area contributed by atoms with Gasteiger partial charge in [-0.15, -0.1) is 0 Å². The standard InChI is InChI=1S/C19H21N5O2/c1-22-18(12-17(21-22)15-6-3-2-4-7-15)19(25)23-10-11-26-16(13-23)14-24-9-5-8-20-24/h2-9,12,16H,10-11,13-14H2,1H3. The Hall–Kier alpha value is -2.93. The number of aryl methyl sites for hydroxylation is 1. The van der Waals surface area contributed by atoms with Gasteiger partial charge in [0.25, 0.3) is 5.91 Å². The van der Waals surface area contributed by atoms with Crippen LogP contribution >= 0.6 is 0 Å². The van der Waals surface area contributed by atoms with Gasteiger partial charge in [0.05, 0.1) is 24.9 Å². The van der Waals surface area contributed by atoms with E-state index >= 15 is 0 Å². The molecular formula is C19H21N5O2. The molecule has 1 aliphatic rings. The molecule has 2 aromatic heterocycles. The highest BCUT2D eigenvalue weighted by atomic mass is 16.5. The Kier molecular flexibility index (Phi) is 4.53. The van der Waals surface area contributed by atoms with Crippen molar-refractivity contribution in [2.75, 3.05) is 19.7 Å². The van der Waals surface area contributed by atoms with Crippen molar-refractivity contribution in [2.45, 2.75) is 12.6 Å². The average molecular weight is 351 g/mol. The van der Waals surface area contributed by atoms with Crippen molar-refractivity contribution in [3.05, 3.63) is 60.6 Å². The maximum Gasteiger partial charge on any atom is 0.272 e. The van der Waals surface area contributed by atoms with Crippen LogP contribution < -0.4 is 0 Å². The van der Waals surface area contributed by atoms with Gasteiger partial charge in [-0.3, -0.25) is 14.2 Å². The molecule has 1 saturated heterocycles. The van der Waals surface area contributed by atoms with Crippen molar-refractivity contribution in [2.24, 2.45) is 7.05 Å². The first-order chi connectivity index (χ1) is 12.7. The molecule has 3 heterocycles. The zero-order chi connectivity index (χ0) is 17.9. The van der Waals surface area contributed by atoms with Gasteiger partial charge in [0.15, 0.2) is 0 Å². The van der Waals surface area contributed by atoms with Crippen LogP contribution in [0.25, 0.3) is 11.3 Å². The molecule has 0 bridgehead atoms. The Morgan fingerprint density at radius 1 is 1.27 bits per heavy atom. The lowest BCUT2D eigenvalue weighted by Gasteiger charge is -2.32. The predicted octanol–water partition coefficient (Wildman–Crippen LogP) is 1.82. The second-order valence-corrected chi connectivity index (χ2v) is 6.38. The zero-order valence-corrected chi connectivity index (χ0v) is 14.7. The fraction of sp³-hybridized carbons (Fsp3) is 0.316. The number of amides is 1. The molecule has 3 aromatic rings. The zero-order valence-electron chi connectivity index (χ0n) is 14.7. The minimum atomic E-state index is -0.0607. The molecule has 1 fully saturated rings. The first-order valence-corrected chi connectivity index (χ1v) is 8.68. The number of rotatable bonds is 4. The van der Waals surface area contributed by atoms with Crippen molar-refractivity contribution in [3.63, 3.8) is 0 Å². The summed E-state index contributed by atoms with van der Waals surface area (Å²) in [6.07, 6.45) is 3.58. The number of aromatic nitrogens is 4. The van der Waals surface area contributed by atoms with Crippen molar-refractivity contribution in [3.8, 4) is 11.3 Å². The minimum Gasteiger partial charge on any atom is -0.373 e. The maximum atomic E-state index is 13.0. The van der Waals surface area contributed by atoms with E-state index in [0.717, 1.165) is 11.3 Å². The SMILES string of the molecule is Cn1nc(-c2ccccc2)cc1C(=O)N1CCOC(Cn2cccn2)C1. The molecule has 0 saturated carbocycles. The van der Waals surface area contributed by atoms with Gasteiger partial charge in [-0.25, -0.2) is 0 Å². The lowest BCUT2D eigenvalue weighted by atomic mass is 10.1. The average Bonchev–Trinajstić information content (AvgIpc) is 3.32. The fourth-order valence-corrected chi connectivity index (χ4v) is 3.21. The number of benzene rings is 1. The molecule has 1 amide bonds. The molecule has 26 heavy (non-hydrogen) atoms. The second kappa shape index (κ2) is 7.13. The van der Waals surface area contributed by atoms with Crippen LogP contribution in [-0.2, 0) is 18.3 Å². The summed E-state index contributed by atoms with van der Waals surface area (Å²) in [5, 5.41) is 8.71. The summed E-state index contributed by atoms with van der Waals surface area (Å²) in [5.41, 5.74) is 2.39. The van der Waals surface area contributed by atoms with E-state index in [1.54, 1.807) is 17.9 Å². The molecule has 7 nitrogen and oxygen atoms in total. The summed E-state index contributed by atoms with van der Waals surface area (Å²) in [6.45, 7) is 2.29. The summed E-state index contributed by atoms with van der Waals surface area (Å²) in [6, 6.07) is 13.6. The van der Waals surface area contributed by atoms with E-state index in [-0.39, 0.29) is 12.0 Å². The molecule has 0 N–H and O–H groups in total. The molecule has 1 aromatic carbocycles. The van der Waals surface area contributed by atoms with Crippen LogP contribution in [0.4, 0.5) is 0 Å². The lowest BCUT2D eigenvalue weighted by molar-refractivity contribution is -0.0303. The first kappa shape index (κ1) is 16.5. The normalized spacial score (nSPS) is 17.4. The highest BCUT2D eigenvalue weighted by Crippen LogP contribution is 2.20. The summed E-state index contributed by atoms with van der Waals surface area (Å²) in [5.74, 6) is -0.0176. The van der Waals surface area contributed by atoms with Crippen molar-refractivity contribution in [1.29, 1.82) is 0 Å². The van der Waals surface area contributed by atoms with Crippen LogP contribution in [0, 0.1) is 0 Å². The van der Waals surface area contributed by atoms with E-state index < -0.39 is 0 Å². The molecule has 134 valence electrons. The van der Waals surface area contributed by atoms with Crippen LogP contribution in [-0.4, -0.2) is 56.2 Å². The Morgan fingerprint density at radius 3 is 2.88 bits per heavy atom. The van der Waals surface area contributed by atoms with E-state index in [1.165, 1.54) is 0 Å². The topological polar surface area (TPSA) is 65.2 Å². The molecular weight excluding hydrogens is 330 g/mol. The van der Waals surface area contributed by atoms with Crippen LogP contribution in [0.2, 0.25) is 0 Å². The van der Waals surface area contributed by atoms with Crippen LogP contribution in [0.3, 0.4) is 0 Å². The number of nitrogens with zero attached hydrogens (tertiary/aromatic N) is 5. The molecule has 7 heteroatoms. The van der Waals surface area contributed by atoms with Gasteiger partial charge in [-0.2, -0.15) is 10.2 Å². The van der Waals surface area contributed by atoms with Crippen molar-refractivity contribution >= 4 is 5.91 Å². The third kappa shape index (κ3) is 3.39. The van der Waals surface area contributed by atoms with Gasteiger partial charge < -0.3 is 9.64 Å². The van der Waals surface area contributed by atoms with Gasteiger partial charge >= 0.3 is 0 Å². The smallest absolute Gasteiger partial charge is 0.272 e. The molecule has 1 unspecified atom stereocenters. The van der Waals surface area contributed by atoms with Crippen LogP contribution in [0.5, 0.6) is 0 Å². The van der Waals surface area contributed by atoms with E-state index in [9.17, 15) is 4.79 Å². The van der Waals surface area contributed by atoms with E-state index in [2.05, 4.69) is 10.2 Å². The molecule has 0 radical (unpaired) electrons. The van der Waals surface area contributed by atoms with Gasteiger partial charge in [0.1, 0.15) is 5.69 Å². The monoisotopic (exact) mass is 351 g/mol. The summed E-state index contributed by atoms with van der Waals surface area (Å²) in [7, 11) is 1.81. The fourth-order valence-electron chi connectivity index (χ4n) is 3.21. The molecule has 0 aliphatic carbocycles. The van der Waals surface area contributed by atoms with E-state index in [4.69, 9.17) is 4.74 Å². The van der Waals surface area contributed by atoms with E-state index in [1.807, 2.05) is 58.2 Å². The van der Waals surface area contributed by atoms with Crippen LogP contribution in [0.15, 0.2) is 54.9 Å². The second-order valence-electron chi connectivity index (χ2n) is 6.38. The number of hydrogen-bond acceptors (Lipinski definition) is 4. The number of carbonyl (C=O) groups excluding carboxylic acids is 1. The Bertz CT molecular complexity index is 873. The number of carbonyl (C=O) groups is 1. The predicted molar refractivity (Wildman–Crippen MR) is 96.5 cm³/mol. The third-order valence-electron chi connectivity index (χ3n) is 4.54. The lowest BCUT2D eigenvalue weighted by Crippen LogP contribution is -2.47. The largest absolute Gasteiger partial charge is 0.373 e. The summed E-state index contributed by atoms with van der Waals surface area (Å²) in [4.78, 5) is 14.8. The molecule has 1 atom stereocenters. The number of ether oxygens (including phenoxy) is 1. The quantitative estimate of drug-likeness (QED) is 0.719. The summed E-state index contributed by atoms with van der Waals surface area (Å²) >= 11 is 0. The van der Waals surface area contributed by atoms with Crippen molar-refractivity contribution in [1.82, 2.24) is 24.5 Å².